The number of nitrogens with two attached hydrogens (primary N) is 1. The molecule has 16 heavy (non-hydrogen) atoms. The minimum Gasteiger partial charge on any atom is -0.463 e. The molecule has 2 N–H and O–H groups in total. The normalized spacial score (nSPS) is 15.9. The fraction of sp³-hybridized carbons (Fsp3) is 0.692. The summed E-state index contributed by atoms with van der Waals surface area (Å²) >= 11 is 0. The van der Waals surface area contributed by atoms with Crippen LogP contribution < -0.4 is 5.73 Å². The Bertz CT molecular complexity index is 317. The lowest BCUT2D eigenvalue weighted by atomic mass is 10.3. The Labute approximate surface area is 97.6 Å². The van der Waals surface area contributed by atoms with Crippen LogP contribution in [0.4, 0.5) is 0 Å². The van der Waals surface area contributed by atoms with Crippen LogP contribution in [0.3, 0.4) is 0 Å². The van der Waals surface area contributed by atoms with E-state index in [4.69, 9.17) is 10.2 Å². The maximum absolute atomic E-state index is 5.65. The second-order valence-corrected chi connectivity index (χ2v) is 4.63. The minimum atomic E-state index is 0.498. The van der Waals surface area contributed by atoms with Crippen LogP contribution in [0.5, 0.6) is 0 Å². The van der Waals surface area contributed by atoms with Crippen molar-refractivity contribution in [2.45, 2.75) is 51.7 Å². The number of rotatable bonds is 7. The van der Waals surface area contributed by atoms with Crippen LogP contribution in [0.25, 0.3) is 0 Å². The molecule has 1 aliphatic carbocycles. The summed E-state index contributed by atoms with van der Waals surface area (Å²) in [6, 6.07) is 4.85. The summed E-state index contributed by atoms with van der Waals surface area (Å²) in [5.41, 5.74) is 5.54. The SMILES string of the molecule is CCCCN(Cc1ccc(CN)o1)C1CC1. The lowest BCUT2D eigenvalue weighted by Gasteiger charge is -2.20. The highest BCUT2D eigenvalue weighted by atomic mass is 16.3. The molecule has 0 spiro atoms. The molecule has 1 aromatic heterocycles. The molecular weight excluding hydrogens is 200 g/mol. The minimum absolute atomic E-state index is 0.498. The Balaban J connectivity index is 1.88. The molecule has 0 atom stereocenters. The molecule has 1 fully saturated rings. The maximum Gasteiger partial charge on any atom is 0.118 e. The van der Waals surface area contributed by atoms with Gasteiger partial charge in [-0.25, -0.2) is 0 Å². The molecule has 1 aromatic rings. The Morgan fingerprint density at radius 3 is 2.69 bits per heavy atom. The first-order valence-corrected chi connectivity index (χ1v) is 6.35. The van der Waals surface area contributed by atoms with Gasteiger partial charge in [0.2, 0.25) is 0 Å². The van der Waals surface area contributed by atoms with Gasteiger partial charge in [0.15, 0.2) is 0 Å². The van der Waals surface area contributed by atoms with Crippen LogP contribution in [-0.4, -0.2) is 17.5 Å². The van der Waals surface area contributed by atoms with E-state index in [0.29, 0.717) is 6.54 Å². The van der Waals surface area contributed by atoms with Crippen molar-refractivity contribution in [1.82, 2.24) is 4.90 Å². The van der Waals surface area contributed by atoms with Gasteiger partial charge in [0.05, 0.1) is 13.1 Å². The number of unbranched alkanes of at least 4 members (excludes halogenated alkanes) is 1. The van der Waals surface area contributed by atoms with E-state index in [1.54, 1.807) is 0 Å². The molecule has 90 valence electrons. The van der Waals surface area contributed by atoms with Crippen molar-refractivity contribution in [2.75, 3.05) is 6.54 Å². The van der Waals surface area contributed by atoms with E-state index in [-0.39, 0.29) is 0 Å². The number of hydrogen-bond donors (Lipinski definition) is 1. The zero-order valence-electron chi connectivity index (χ0n) is 10.1. The third-order valence-corrected chi connectivity index (χ3v) is 3.14. The van der Waals surface area contributed by atoms with Crippen LogP contribution in [-0.2, 0) is 13.1 Å². The maximum atomic E-state index is 5.65. The van der Waals surface area contributed by atoms with Crippen LogP contribution in [0, 0.1) is 0 Å². The van der Waals surface area contributed by atoms with E-state index in [0.717, 1.165) is 24.1 Å². The molecule has 1 saturated carbocycles. The van der Waals surface area contributed by atoms with Gasteiger partial charge >= 0.3 is 0 Å². The standard InChI is InChI=1S/C13H22N2O/c1-2-3-8-15(11-4-5-11)10-13-7-6-12(9-14)16-13/h6-7,11H,2-5,8-10,14H2,1H3. The summed E-state index contributed by atoms with van der Waals surface area (Å²) < 4.78 is 5.65. The summed E-state index contributed by atoms with van der Waals surface area (Å²) in [4.78, 5) is 2.54. The molecule has 0 unspecified atom stereocenters. The number of nitrogens with zero attached hydrogens (tertiary/aromatic N) is 1. The molecular formula is C13H22N2O. The van der Waals surface area contributed by atoms with Gasteiger partial charge in [-0.2, -0.15) is 0 Å². The van der Waals surface area contributed by atoms with Crippen molar-refractivity contribution in [2.24, 2.45) is 5.73 Å². The zero-order valence-corrected chi connectivity index (χ0v) is 10.1. The summed E-state index contributed by atoms with van der Waals surface area (Å²) in [5.74, 6) is 1.95. The first kappa shape index (κ1) is 11.7. The largest absolute Gasteiger partial charge is 0.463 e. The zero-order chi connectivity index (χ0) is 11.4. The van der Waals surface area contributed by atoms with Crippen molar-refractivity contribution < 1.29 is 4.42 Å². The monoisotopic (exact) mass is 222 g/mol. The fourth-order valence-corrected chi connectivity index (χ4v) is 2.01. The van der Waals surface area contributed by atoms with E-state index in [1.807, 2.05) is 6.07 Å². The van der Waals surface area contributed by atoms with Crippen molar-refractivity contribution >= 4 is 0 Å². The Kier molecular flexibility index (Phi) is 4.02. The predicted molar refractivity (Wildman–Crippen MR) is 64.9 cm³/mol. The summed E-state index contributed by atoms with van der Waals surface area (Å²) in [6.07, 6.45) is 5.25. The van der Waals surface area contributed by atoms with Gasteiger partial charge in [0, 0.05) is 6.04 Å². The van der Waals surface area contributed by atoms with E-state index in [2.05, 4.69) is 17.9 Å². The highest BCUT2D eigenvalue weighted by molar-refractivity contribution is 5.07. The highest BCUT2D eigenvalue weighted by Gasteiger charge is 2.28. The van der Waals surface area contributed by atoms with Gasteiger partial charge in [-0.1, -0.05) is 13.3 Å². The lowest BCUT2D eigenvalue weighted by molar-refractivity contribution is 0.228. The van der Waals surface area contributed by atoms with Crippen molar-refractivity contribution in [3.05, 3.63) is 23.7 Å². The van der Waals surface area contributed by atoms with Gasteiger partial charge < -0.3 is 10.2 Å². The summed E-state index contributed by atoms with van der Waals surface area (Å²) in [6.45, 7) is 4.88. The lowest BCUT2D eigenvalue weighted by Crippen LogP contribution is -2.26. The first-order valence-electron chi connectivity index (χ1n) is 6.35. The van der Waals surface area contributed by atoms with Gasteiger partial charge in [-0.3, -0.25) is 4.90 Å². The molecule has 1 heterocycles. The average molecular weight is 222 g/mol. The average Bonchev–Trinajstić information content (AvgIpc) is 3.05. The molecule has 1 aliphatic rings. The second kappa shape index (κ2) is 5.51. The first-order chi connectivity index (χ1) is 7.83. The van der Waals surface area contributed by atoms with Crippen molar-refractivity contribution in [3.63, 3.8) is 0 Å². The van der Waals surface area contributed by atoms with Crippen LogP contribution in [0.1, 0.15) is 44.1 Å². The molecule has 2 rings (SSSR count). The molecule has 0 radical (unpaired) electrons. The molecule has 0 amide bonds. The van der Waals surface area contributed by atoms with Crippen molar-refractivity contribution in [1.29, 1.82) is 0 Å². The van der Waals surface area contributed by atoms with Gasteiger partial charge in [0.25, 0.3) is 0 Å². The topological polar surface area (TPSA) is 42.4 Å². The molecule has 3 heteroatoms. The van der Waals surface area contributed by atoms with E-state index >= 15 is 0 Å². The third-order valence-electron chi connectivity index (χ3n) is 3.14. The fourth-order valence-electron chi connectivity index (χ4n) is 2.01. The summed E-state index contributed by atoms with van der Waals surface area (Å²) in [5, 5.41) is 0. The molecule has 3 nitrogen and oxygen atoms in total. The van der Waals surface area contributed by atoms with Gasteiger partial charge in [-0.15, -0.1) is 0 Å². The smallest absolute Gasteiger partial charge is 0.118 e. The Morgan fingerprint density at radius 1 is 1.38 bits per heavy atom. The Morgan fingerprint density at radius 2 is 2.12 bits per heavy atom. The highest BCUT2D eigenvalue weighted by Crippen LogP contribution is 2.28. The van der Waals surface area contributed by atoms with E-state index < -0.39 is 0 Å². The second-order valence-electron chi connectivity index (χ2n) is 4.63. The summed E-state index contributed by atoms with van der Waals surface area (Å²) in [7, 11) is 0. The van der Waals surface area contributed by atoms with Gasteiger partial charge in [-0.05, 0) is 37.9 Å². The quantitative estimate of drug-likeness (QED) is 0.770. The van der Waals surface area contributed by atoms with E-state index in [1.165, 1.54) is 32.2 Å². The molecule has 0 bridgehead atoms. The number of hydrogen-bond acceptors (Lipinski definition) is 3. The Hall–Kier alpha value is -0.800. The van der Waals surface area contributed by atoms with Crippen LogP contribution in [0.15, 0.2) is 16.5 Å². The van der Waals surface area contributed by atoms with E-state index in [9.17, 15) is 0 Å². The van der Waals surface area contributed by atoms with Crippen LogP contribution >= 0.6 is 0 Å². The third kappa shape index (κ3) is 3.09. The molecule has 0 aliphatic heterocycles. The number of furan rings is 1. The van der Waals surface area contributed by atoms with Crippen molar-refractivity contribution in [3.8, 4) is 0 Å². The molecule has 0 aromatic carbocycles. The van der Waals surface area contributed by atoms with Crippen LogP contribution in [0.2, 0.25) is 0 Å². The predicted octanol–water partition coefficient (Wildman–Crippen LogP) is 2.50. The van der Waals surface area contributed by atoms with Gasteiger partial charge in [0.1, 0.15) is 11.5 Å². The molecule has 0 saturated heterocycles.